The first-order valence-electron chi connectivity index (χ1n) is 9.98. The fourth-order valence-corrected chi connectivity index (χ4v) is 3.23. The van der Waals surface area contributed by atoms with Gasteiger partial charge in [0.15, 0.2) is 5.96 Å². The molecule has 2 fully saturated rings. The Morgan fingerprint density at radius 3 is 2.25 bits per heavy atom. The average molecular weight is 509 g/mol. The van der Waals surface area contributed by atoms with Gasteiger partial charge in [0.05, 0.1) is 13.2 Å². The summed E-state index contributed by atoms with van der Waals surface area (Å²) in [5, 5.41) is 3.38. The summed E-state index contributed by atoms with van der Waals surface area (Å²) in [5.41, 5.74) is 0. The average Bonchev–Trinajstić information content (AvgIpc) is 2.68. The molecule has 2 aliphatic rings. The number of morpholine rings is 1. The van der Waals surface area contributed by atoms with Gasteiger partial charge >= 0.3 is 0 Å². The Kier molecular flexibility index (Phi) is 11.1. The molecule has 0 aliphatic carbocycles. The van der Waals surface area contributed by atoms with Crippen LogP contribution in [0.15, 0.2) is 4.99 Å². The summed E-state index contributed by atoms with van der Waals surface area (Å²) in [6.07, 6.45) is 1.64. The van der Waals surface area contributed by atoms with Crippen LogP contribution >= 0.6 is 24.0 Å². The van der Waals surface area contributed by atoms with E-state index in [4.69, 9.17) is 4.74 Å². The van der Waals surface area contributed by atoms with Gasteiger partial charge in [-0.2, -0.15) is 0 Å². The number of amides is 2. The highest BCUT2D eigenvalue weighted by Gasteiger charge is 2.30. The molecule has 0 aromatic heterocycles. The van der Waals surface area contributed by atoms with Crippen molar-refractivity contribution >= 4 is 41.8 Å². The number of nitrogens with one attached hydrogen (secondary N) is 1. The van der Waals surface area contributed by atoms with Crippen molar-refractivity contribution in [2.75, 3.05) is 66.6 Å². The smallest absolute Gasteiger partial charge is 0.243 e. The lowest BCUT2D eigenvalue weighted by atomic mass is 9.95. The predicted molar refractivity (Wildman–Crippen MR) is 121 cm³/mol. The topological polar surface area (TPSA) is 77.5 Å². The number of rotatable bonds is 5. The highest BCUT2D eigenvalue weighted by molar-refractivity contribution is 14.0. The maximum absolute atomic E-state index is 12.7. The van der Waals surface area contributed by atoms with Gasteiger partial charge in [-0.3, -0.25) is 9.59 Å². The quantitative estimate of drug-likeness (QED) is 0.338. The minimum Gasteiger partial charge on any atom is -0.378 e. The molecule has 2 rings (SSSR count). The zero-order valence-corrected chi connectivity index (χ0v) is 20.0. The van der Waals surface area contributed by atoms with E-state index in [9.17, 15) is 9.59 Å². The van der Waals surface area contributed by atoms with E-state index < -0.39 is 0 Å². The highest BCUT2D eigenvalue weighted by atomic mass is 127. The van der Waals surface area contributed by atoms with Gasteiger partial charge in [-0.1, -0.05) is 13.8 Å². The van der Waals surface area contributed by atoms with E-state index in [0.29, 0.717) is 32.2 Å². The molecule has 9 heteroatoms. The molecule has 0 atom stereocenters. The molecule has 0 bridgehead atoms. The maximum atomic E-state index is 12.7. The summed E-state index contributed by atoms with van der Waals surface area (Å²) in [4.78, 5) is 34.8. The molecule has 8 nitrogen and oxygen atoms in total. The largest absolute Gasteiger partial charge is 0.378 e. The van der Waals surface area contributed by atoms with E-state index in [-0.39, 0.29) is 48.3 Å². The van der Waals surface area contributed by atoms with Crippen molar-refractivity contribution in [3.63, 3.8) is 0 Å². The van der Waals surface area contributed by atoms with Crippen LogP contribution in [0.4, 0.5) is 0 Å². The summed E-state index contributed by atoms with van der Waals surface area (Å²) in [6.45, 7) is 9.47. The number of carbonyl (C=O) groups excluding carboxylic acids is 2. The molecular formula is C19H36IN5O3. The van der Waals surface area contributed by atoms with Gasteiger partial charge in [0.2, 0.25) is 11.8 Å². The second-order valence-electron chi connectivity index (χ2n) is 7.90. The molecular weight excluding hydrogens is 473 g/mol. The Bertz CT molecular complexity index is 528. The molecule has 2 aliphatic heterocycles. The number of piperidine rings is 1. The summed E-state index contributed by atoms with van der Waals surface area (Å²) >= 11 is 0. The SMILES string of the molecule is CC(C)CNC(=NCC(=O)N(C)C)N1CCC(C(=O)N2CCOCC2)CC1.I. The van der Waals surface area contributed by atoms with Crippen molar-refractivity contribution < 1.29 is 14.3 Å². The first kappa shape index (κ1) is 24.9. The second kappa shape index (κ2) is 12.5. The van der Waals surface area contributed by atoms with Crippen LogP contribution in [0.5, 0.6) is 0 Å². The summed E-state index contributed by atoms with van der Waals surface area (Å²) < 4.78 is 5.34. The Morgan fingerprint density at radius 2 is 1.71 bits per heavy atom. The monoisotopic (exact) mass is 509 g/mol. The predicted octanol–water partition coefficient (Wildman–Crippen LogP) is 0.865. The fraction of sp³-hybridized carbons (Fsp3) is 0.842. The van der Waals surface area contributed by atoms with Crippen LogP contribution in [0.25, 0.3) is 0 Å². The molecule has 28 heavy (non-hydrogen) atoms. The standard InChI is InChI=1S/C19H35N5O3.HI/c1-15(2)13-20-19(21-14-17(25)22(3)4)24-7-5-16(6-8-24)18(26)23-9-11-27-12-10-23;/h15-16H,5-14H2,1-4H3,(H,20,21);1H. The van der Waals surface area contributed by atoms with Crippen molar-refractivity contribution in [2.45, 2.75) is 26.7 Å². The zero-order chi connectivity index (χ0) is 19.8. The van der Waals surface area contributed by atoms with Gasteiger partial charge in [0.1, 0.15) is 6.54 Å². The molecule has 0 radical (unpaired) electrons. The van der Waals surface area contributed by atoms with Crippen LogP contribution in [-0.2, 0) is 14.3 Å². The molecule has 2 amide bonds. The third-order valence-electron chi connectivity index (χ3n) is 5.00. The van der Waals surface area contributed by atoms with Crippen molar-refractivity contribution in [3.05, 3.63) is 0 Å². The van der Waals surface area contributed by atoms with Crippen LogP contribution in [0.3, 0.4) is 0 Å². The number of hydrogen-bond donors (Lipinski definition) is 1. The Hall–Kier alpha value is -1.10. The number of likely N-dealkylation sites (tertiary alicyclic amines) is 1. The molecule has 0 aromatic carbocycles. The van der Waals surface area contributed by atoms with Gasteiger partial charge < -0.3 is 24.8 Å². The first-order chi connectivity index (χ1) is 12.9. The Morgan fingerprint density at radius 1 is 1.11 bits per heavy atom. The van der Waals surface area contributed by atoms with E-state index in [0.717, 1.165) is 38.4 Å². The van der Waals surface area contributed by atoms with Gasteiger partial charge in [-0.25, -0.2) is 4.99 Å². The minimum absolute atomic E-state index is 0. The number of guanidine groups is 1. The molecule has 2 heterocycles. The normalized spacial score (nSPS) is 18.7. The number of aliphatic imine (C=N–C) groups is 1. The van der Waals surface area contributed by atoms with E-state index >= 15 is 0 Å². The molecule has 0 spiro atoms. The van der Waals surface area contributed by atoms with Gasteiger partial charge in [-0.15, -0.1) is 24.0 Å². The number of halogens is 1. The second-order valence-corrected chi connectivity index (χ2v) is 7.90. The Balaban J connectivity index is 0.00000392. The van der Waals surface area contributed by atoms with Crippen LogP contribution in [0.2, 0.25) is 0 Å². The number of hydrogen-bond acceptors (Lipinski definition) is 4. The lowest BCUT2D eigenvalue weighted by molar-refractivity contribution is -0.140. The maximum Gasteiger partial charge on any atom is 0.243 e. The van der Waals surface area contributed by atoms with Crippen LogP contribution in [-0.4, -0.2) is 99.1 Å². The fourth-order valence-electron chi connectivity index (χ4n) is 3.23. The molecule has 0 saturated carbocycles. The van der Waals surface area contributed by atoms with Crippen molar-refractivity contribution in [1.29, 1.82) is 0 Å². The number of nitrogens with zero attached hydrogens (tertiary/aromatic N) is 4. The van der Waals surface area contributed by atoms with Gasteiger partial charge in [0, 0.05) is 52.7 Å². The van der Waals surface area contributed by atoms with Gasteiger partial charge in [0.25, 0.3) is 0 Å². The van der Waals surface area contributed by atoms with Crippen molar-refractivity contribution in [2.24, 2.45) is 16.8 Å². The lowest BCUT2D eigenvalue weighted by Gasteiger charge is -2.37. The minimum atomic E-state index is -0.0174. The van der Waals surface area contributed by atoms with Crippen LogP contribution in [0.1, 0.15) is 26.7 Å². The van der Waals surface area contributed by atoms with E-state index in [1.54, 1.807) is 19.0 Å². The summed E-state index contributed by atoms with van der Waals surface area (Å²) in [7, 11) is 3.48. The lowest BCUT2D eigenvalue weighted by Crippen LogP contribution is -2.50. The van der Waals surface area contributed by atoms with E-state index in [1.807, 2.05) is 4.90 Å². The third kappa shape index (κ3) is 7.73. The third-order valence-corrected chi connectivity index (χ3v) is 5.00. The van der Waals surface area contributed by atoms with E-state index in [2.05, 4.69) is 29.1 Å². The number of likely N-dealkylation sites (N-methyl/N-ethyl adjacent to an activating group) is 1. The van der Waals surface area contributed by atoms with Crippen molar-refractivity contribution in [3.8, 4) is 0 Å². The number of ether oxygens (including phenoxy) is 1. The van der Waals surface area contributed by atoms with Crippen LogP contribution in [0, 0.1) is 11.8 Å². The van der Waals surface area contributed by atoms with Gasteiger partial charge in [-0.05, 0) is 18.8 Å². The van der Waals surface area contributed by atoms with Crippen molar-refractivity contribution in [1.82, 2.24) is 20.0 Å². The summed E-state index contributed by atoms with van der Waals surface area (Å²) in [6, 6.07) is 0. The molecule has 0 aromatic rings. The van der Waals surface area contributed by atoms with E-state index in [1.165, 1.54) is 0 Å². The molecule has 1 N–H and O–H groups in total. The Labute approximate surface area is 186 Å². The number of carbonyl (C=O) groups is 2. The van der Waals surface area contributed by atoms with Crippen LogP contribution < -0.4 is 5.32 Å². The summed E-state index contributed by atoms with van der Waals surface area (Å²) in [5.74, 6) is 1.58. The first-order valence-corrected chi connectivity index (χ1v) is 9.98. The highest BCUT2D eigenvalue weighted by Crippen LogP contribution is 2.20. The molecule has 162 valence electrons. The molecule has 0 unspecified atom stereocenters. The zero-order valence-electron chi connectivity index (χ0n) is 17.6. The molecule has 2 saturated heterocycles.